The second kappa shape index (κ2) is 8.09. The number of halogens is 2. The Morgan fingerprint density at radius 2 is 1.93 bits per heavy atom. The molecule has 9 heteroatoms. The number of hydrogen-bond donors (Lipinski definition) is 1. The second-order valence-electron chi connectivity index (χ2n) is 6.50. The van der Waals surface area contributed by atoms with E-state index >= 15 is 0 Å². The van der Waals surface area contributed by atoms with Crippen molar-refractivity contribution in [3.8, 4) is 11.8 Å². The summed E-state index contributed by atoms with van der Waals surface area (Å²) in [6, 6.07) is 12.4. The summed E-state index contributed by atoms with van der Waals surface area (Å²) in [4.78, 5) is 26.8. The molecule has 0 spiro atoms. The summed E-state index contributed by atoms with van der Waals surface area (Å²) in [5.74, 6) is -2.79. The molecule has 1 heterocycles. The van der Waals surface area contributed by atoms with Crippen molar-refractivity contribution in [1.29, 1.82) is 5.26 Å². The van der Waals surface area contributed by atoms with Gasteiger partial charge in [0, 0.05) is 0 Å². The van der Waals surface area contributed by atoms with E-state index in [1.807, 2.05) is 6.07 Å². The third-order valence-electron chi connectivity index (χ3n) is 4.65. The van der Waals surface area contributed by atoms with Crippen LogP contribution < -0.4 is 10.1 Å². The SMILES string of the molecule is COc1cc(CN2C(=O)NC(C)(c3ccc(C#N)cc3)C2=O)ccc1SC(F)F. The maximum atomic E-state index is 13.0. The Morgan fingerprint density at radius 3 is 2.52 bits per heavy atom. The van der Waals surface area contributed by atoms with Gasteiger partial charge in [0.1, 0.15) is 11.3 Å². The van der Waals surface area contributed by atoms with Gasteiger partial charge in [-0.3, -0.25) is 9.69 Å². The van der Waals surface area contributed by atoms with Crippen molar-refractivity contribution in [1.82, 2.24) is 10.2 Å². The molecule has 0 aliphatic carbocycles. The number of urea groups is 1. The number of nitriles is 1. The van der Waals surface area contributed by atoms with Crippen molar-refractivity contribution in [2.75, 3.05) is 7.11 Å². The summed E-state index contributed by atoms with van der Waals surface area (Å²) in [6.45, 7) is 1.56. The van der Waals surface area contributed by atoms with E-state index in [0.29, 0.717) is 28.5 Å². The predicted octanol–water partition coefficient (Wildman–Crippen LogP) is 3.85. The molecule has 150 valence electrons. The van der Waals surface area contributed by atoms with Crippen LogP contribution >= 0.6 is 11.8 Å². The molecular formula is C20H17F2N3O3S. The van der Waals surface area contributed by atoms with Gasteiger partial charge in [-0.2, -0.15) is 14.0 Å². The number of ether oxygens (including phenoxy) is 1. The Bertz CT molecular complexity index is 991. The lowest BCUT2D eigenvalue weighted by Crippen LogP contribution is -2.40. The largest absolute Gasteiger partial charge is 0.496 e. The van der Waals surface area contributed by atoms with Crippen LogP contribution in [0.4, 0.5) is 13.6 Å². The van der Waals surface area contributed by atoms with Crippen LogP contribution in [0, 0.1) is 11.3 Å². The molecule has 0 radical (unpaired) electrons. The maximum Gasteiger partial charge on any atom is 0.325 e. The van der Waals surface area contributed by atoms with Gasteiger partial charge in [-0.15, -0.1) is 0 Å². The quantitative estimate of drug-likeness (QED) is 0.570. The zero-order valence-corrected chi connectivity index (χ0v) is 16.4. The lowest BCUT2D eigenvalue weighted by atomic mass is 9.91. The maximum absolute atomic E-state index is 13.0. The zero-order valence-electron chi connectivity index (χ0n) is 15.6. The van der Waals surface area contributed by atoms with E-state index in [0.717, 1.165) is 4.90 Å². The van der Waals surface area contributed by atoms with Gasteiger partial charge in [0.25, 0.3) is 11.7 Å². The Balaban J connectivity index is 1.84. The monoisotopic (exact) mass is 417 g/mol. The number of carbonyl (C=O) groups excluding carboxylic acids is 2. The summed E-state index contributed by atoms with van der Waals surface area (Å²) in [6.07, 6.45) is 0. The molecule has 1 saturated heterocycles. The van der Waals surface area contributed by atoms with Crippen molar-refractivity contribution in [3.05, 3.63) is 59.2 Å². The molecule has 1 atom stereocenters. The smallest absolute Gasteiger partial charge is 0.325 e. The number of benzene rings is 2. The van der Waals surface area contributed by atoms with Crippen LogP contribution in [-0.2, 0) is 16.9 Å². The standard InChI is InChI=1S/C20H17F2N3O3S/c1-20(14-6-3-12(10-23)4-7-14)17(26)25(19(27)24-20)11-13-5-8-16(29-18(21)22)15(9-13)28-2/h3-9,18H,11H2,1-2H3,(H,24,27). The Hall–Kier alpha value is -3.12. The number of rotatable bonds is 6. The normalized spacial score (nSPS) is 18.7. The molecular weight excluding hydrogens is 400 g/mol. The number of hydrogen-bond acceptors (Lipinski definition) is 5. The summed E-state index contributed by atoms with van der Waals surface area (Å²) in [7, 11) is 1.37. The summed E-state index contributed by atoms with van der Waals surface area (Å²) in [5, 5.41) is 11.6. The summed E-state index contributed by atoms with van der Waals surface area (Å²) < 4.78 is 30.4. The minimum atomic E-state index is -2.59. The minimum Gasteiger partial charge on any atom is -0.496 e. The van der Waals surface area contributed by atoms with Crippen LogP contribution in [-0.4, -0.2) is 29.7 Å². The fourth-order valence-electron chi connectivity index (χ4n) is 3.10. The number of nitrogens with zero attached hydrogens (tertiary/aromatic N) is 2. The highest BCUT2D eigenvalue weighted by atomic mass is 32.2. The molecule has 2 aromatic carbocycles. The topological polar surface area (TPSA) is 82.4 Å². The number of alkyl halides is 2. The Labute approximate surface area is 170 Å². The third-order valence-corrected chi connectivity index (χ3v) is 5.42. The molecule has 1 unspecified atom stereocenters. The third kappa shape index (κ3) is 4.03. The highest BCUT2D eigenvalue weighted by Crippen LogP contribution is 2.35. The molecule has 0 aromatic heterocycles. The van der Waals surface area contributed by atoms with E-state index in [9.17, 15) is 18.4 Å². The molecule has 1 aliphatic rings. The van der Waals surface area contributed by atoms with Crippen LogP contribution in [0.3, 0.4) is 0 Å². The molecule has 1 N–H and O–H groups in total. The van der Waals surface area contributed by atoms with Crippen LogP contribution in [0.2, 0.25) is 0 Å². The molecule has 3 amide bonds. The molecule has 2 aromatic rings. The molecule has 0 saturated carbocycles. The summed E-state index contributed by atoms with van der Waals surface area (Å²) in [5.41, 5.74) is 0.298. The molecule has 0 bridgehead atoms. The average molecular weight is 417 g/mol. The van der Waals surface area contributed by atoms with Crippen LogP contribution in [0.15, 0.2) is 47.4 Å². The van der Waals surface area contributed by atoms with Crippen molar-refractivity contribution < 1.29 is 23.1 Å². The highest BCUT2D eigenvalue weighted by Gasteiger charge is 2.48. The number of carbonyl (C=O) groups is 2. The number of imide groups is 1. The van der Waals surface area contributed by atoms with E-state index in [1.165, 1.54) is 19.2 Å². The van der Waals surface area contributed by atoms with Gasteiger partial charge in [-0.25, -0.2) is 4.79 Å². The van der Waals surface area contributed by atoms with Crippen LogP contribution in [0.1, 0.15) is 23.6 Å². The van der Waals surface area contributed by atoms with Crippen molar-refractivity contribution in [3.63, 3.8) is 0 Å². The fourth-order valence-corrected chi connectivity index (χ4v) is 3.70. The number of methoxy groups -OCH3 is 1. The van der Waals surface area contributed by atoms with Gasteiger partial charge < -0.3 is 10.1 Å². The fraction of sp³-hybridized carbons (Fsp3) is 0.250. The molecule has 6 nitrogen and oxygen atoms in total. The van der Waals surface area contributed by atoms with Gasteiger partial charge >= 0.3 is 6.03 Å². The minimum absolute atomic E-state index is 0.0352. The number of thioether (sulfide) groups is 1. The van der Waals surface area contributed by atoms with E-state index in [4.69, 9.17) is 10.00 Å². The molecule has 29 heavy (non-hydrogen) atoms. The first-order valence-corrected chi connectivity index (χ1v) is 9.43. The van der Waals surface area contributed by atoms with Crippen LogP contribution in [0.25, 0.3) is 0 Å². The van der Waals surface area contributed by atoms with Crippen LogP contribution in [0.5, 0.6) is 5.75 Å². The van der Waals surface area contributed by atoms with Gasteiger partial charge in [0.15, 0.2) is 0 Å². The summed E-state index contributed by atoms with van der Waals surface area (Å²) >= 11 is 0.361. The highest BCUT2D eigenvalue weighted by molar-refractivity contribution is 7.99. The van der Waals surface area contributed by atoms with Crippen molar-refractivity contribution in [2.24, 2.45) is 0 Å². The van der Waals surface area contributed by atoms with E-state index in [-0.39, 0.29) is 17.2 Å². The first kappa shape index (κ1) is 20.6. The van der Waals surface area contributed by atoms with Crippen molar-refractivity contribution in [2.45, 2.75) is 29.7 Å². The average Bonchev–Trinajstić information content (AvgIpc) is 2.92. The zero-order chi connectivity index (χ0) is 21.2. The number of amides is 3. The lowest BCUT2D eigenvalue weighted by molar-refractivity contribution is -0.131. The lowest BCUT2D eigenvalue weighted by Gasteiger charge is -2.22. The van der Waals surface area contributed by atoms with Gasteiger partial charge in [-0.05, 0) is 42.3 Å². The van der Waals surface area contributed by atoms with E-state index in [1.54, 1.807) is 37.3 Å². The van der Waals surface area contributed by atoms with Crippen molar-refractivity contribution >= 4 is 23.7 Å². The van der Waals surface area contributed by atoms with Gasteiger partial charge in [-0.1, -0.05) is 30.0 Å². The van der Waals surface area contributed by atoms with Gasteiger partial charge in [0.05, 0.1) is 30.2 Å². The van der Waals surface area contributed by atoms with Gasteiger partial charge in [0.2, 0.25) is 0 Å². The Kier molecular flexibility index (Phi) is 5.75. The molecule has 1 fully saturated rings. The first-order chi connectivity index (χ1) is 13.8. The molecule has 3 rings (SSSR count). The second-order valence-corrected chi connectivity index (χ2v) is 7.53. The number of nitrogens with one attached hydrogen (secondary N) is 1. The predicted molar refractivity (Wildman–Crippen MR) is 102 cm³/mol. The van der Waals surface area contributed by atoms with E-state index < -0.39 is 23.2 Å². The first-order valence-electron chi connectivity index (χ1n) is 8.55. The Morgan fingerprint density at radius 1 is 1.24 bits per heavy atom. The molecule has 1 aliphatic heterocycles. The van der Waals surface area contributed by atoms with E-state index in [2.05, 4.69) is 5.32 Å².